The standard InChI is InChI=1S/C22H36N2O2/c1-3-5-7-8-9-10-11-12-18-23-21(25)22(26)24-20-16-14-19(15-17-20)13-6-4-2/h14-17H,3-13,18H2,1-2H3,(H,23,25)(H,24,26). The highest BCUT2D eigenvalue weighted by molar-refractivity contribution is 6.39. The first-order valence-corrected chi connectivity index (χ1v) is 10.4. The molecule has 1 aromatic carbocycles. The van der Waals surface area contributed by atoms with Gasteiger partial charge in [0.15, 0.2) is 0 Å². The summed E-state index contributed by atoms with van der Waals surface area (Å²) in [5, 5.41) is 5.36. The van der Waals surface area contributed by atoms with Crippen molar-refractivity contribution in [1.82, 2.24) is 5.32 Å². The molecule has 1 aromatic rings. The van der Waals surface area contributed by atoms with Gasteiger partial charge in [0.1, 0.15) is 0 Å². The highest BCUT2D eigenvalue weighted by Gasteiger charge is 2.12. The summed E-state index contributed by atoms with van der Waals surface area (Å²) in [6.45, 7) is 4.96. The Balaban J connectivity index is 2.14. The molecule has 0 aliphatic carbocycles. The van der Waals surface area contributed by atoms with Crippen LogP contribution in [0.2, 0.25) is 0 Å². The van der Waals surface area contributed by atoms with Crippen molar-refractivity contribution in [3.63, 3.8) is 0 Å². The minimum atomic E-state index is -0.592. The fourth-order valence-electron chi connectivity index (χ4n) is 2.86. The lowest BCUT2D eigenvalue weighted by molar-refractivity contribution is -0.136. The van der Waals surface area contributed by atoms with Crippen LogP contribution >= 0.6 is 0 Å². The van der Waals surface area contributed by atoms with Gasteiger partial charge >= 0.3 is 11.8 Å². The molecule has 0 unspecified atom stereocenters. The van der Waals surface area contributed by atoms with Gasteiger partial charge in [-0.2, -0.15) is 0 Å². The van der Waals surface area contributed by atoms with Gasteiger partial charge in [0.25, 0.3) is 0 Å². The van der Waals surface area contributed by atoms with Crippen LogP contribution in [0.1, 0.15) is 83.6 Å². The van der Waals surface area contributed by atoms with Crippen LogP contribution in [-0.4, -0.2) is 18.4 Å². The van der Waals surface area contributed by atoms with Crippen LogP contribution in [-0.2, 0) is 16.0 Å². The number of carbonyl (C=O) groups is 2. The quantitative estimate of drug-likeness (QED) is 0.374. The Labute approximate surface area is 159 Å². The van der Waals surface area contributed by atoms with Gasteiger partial charge in [0.05, 0.1) is 0 Å². The SMILES string of the molecule is CCCCCCCCCCNC(=O)C(=O)Nc1ccc(CCCC)cc1. The second kappa shape index (κ2) is 14.3. The van der Waals surface area contributed by atoms with Crippen LogP contribution in [0.25, 0.3) is 0 Å². The highest BCUT2D eigenvalue weighted by atomic mass is 16.2. The topological polar surface area (TPSA) is 58.2 Å². The van der Waals surface area contributed by atoms with Crippen molar-refractivity contribution in [3.8, 4) is 0 Å². The summed E-state index contributed by atoms with van der Waals surface area (Å²) in [7, 11) is 0. The summed E-state index contributed by atoms with van der Waals surface area (Å²) in [6.07, 6.45) is 13.1. The number of carbonyl (C=O) groups excluding carboxylic acids is 2. The van der Waals surface area contributed by atoms with Crippen LogP contribution < -0.4 is 10.6 Å². The van der Waals surface area contributed by atoms with Crippen molar-refractivity contribution >= 4 is 17.5 Å². The molecule has 0 saturated carbocycles. The van der Waals surface area contributed by atoms with Crippen LogP contribution in [0.3, 0.4) is 0 Å². The second-order valence-electron chi connectivity index (χ2n) is 6.99. The Hall–Kier alpha value is -1.84. The maximum absolute atomic E-state index is 11.9. The van der Waals surface area contributed by atoms with Gasteiger partial charge in [-0.1, -0.05) is 77.3 Å². The molecular weight excluding hydrogens is 324 g/mol. The number of unbranched alkanes of at least 4 members (excludes halogenated alkanes) is 8. The molecule has 4 nitrogen and oxygen atoms in total. The zero-order valence-corrected chi connectivity index (χ0v) is 16.6. The average molecular weight is 361 g/mol. The highest BCUT2D eigenvalue weighted by Crippen LogP contribution is 2.12. The van der Waals surface area contributed by atoms with Gasteiger partial charge in [-0.15, -0.1) is 0 Å². The van der Waals surface area contributed by atoms with Crippen molar-refractivity contribution < 1.29 is 9.59 Å². The number of aryl methyl sites for hydroxylation is 1. The molecular formula is C22H36N2O2. The third-order valence-electron chi connectivity index (χ3n) is 4.55. The molecule has 0 saturated heterocycles. The van der Waals surface area contributed by atoms with Crippen molar-refractivity contribution in [1.29, 1.82) is 0 Å². The van der Waals surface area contributed by atoms with Gasteiger partial charge in [0, 0.05) is 12.2 Å². The number of hydrogen-bond donors (Lipinski definition) is 2. The van der Waals surface area contributed by atoms with E-state index < -0.39 is 11.8 Å². The number of hydrogen-bond acceptors (Lipinski definition) is 2. The van der Waals surface area contributed by atoms with Crippen molar-refractivity contribution in [3.05, 3.63) is 29.8 Å². The molecule has 26 heavy (non-hydrogen) atoms. The first-order chi connectivity index (χ1) is 12.7. The van der Waals surface area contributed by atoms with Crippen molar-refractivity contribution in [2.45, 2.75) is 84.5 Å². The van der Waals surface area contributed by atoms with Gasteiger partial charge < -0.3 is 10.6 Å². The Kier molecular flexibility index (Phi) is 12.2. The maximum atomic E-state index is 11.9. The van der Waals surface area contributed by atoms with Crippen molar-refractivity contribution in [2.24, 2.45) is 0 Å². The van der Waals surface area contributed by atoms with Gasteiger partial charge in [-0.3, -0.25) is 9.59 Å². The van der Waals surface area contributed by atoms with Gasteiger partial charge in [0.2, 0.25) is 0 Å². The molecule has 0 heterocycles. The average Bonchev–Trinajstić information content (AvgIpc) is 2.66. The zero-order valence-electron chi connectivity index (χ0n) is 16.6. The maximum Gasteiger partial charge on any atom is 0.313 e. The molecule has 4 heteroatoms. The summed E-state index contributed by atoms with van der Waals surface area (Å²) >= 11 is 0. The van der Waals surface area contributed by atoms with E-state index in [0.29, 0.717) is 12.2 Å². The summed E-state index contributed by atoms with van der Waals surface area (Å²) in [5.41, 5.74) is 1.92. The lowest BCUT2D eigenvalue weighted by Gasteiger charge is -2.07. The normalized spacial score (nSPS) is 10.5. The van der Waals surface area contributed by atoms with Crippen molar-refractivity contribution in [2.75, 3.05) is 11.9 Å². The number of benzene rings is 1. The van der Waals surface area contributed by atoms with E-state index in [4.69, 9.17) is 0 Å². The van der Waals surface area contributed by atoms with E-state index in [1.54, 1.807) is 0 Å². The molecule has 0 bridgehead atoms. The third-order valence-corrected chi connectivity index (χ3v) is 4.55. The monoisotopic (exact) mass is 360 g/mol. The first kappa shape index (κ1) is 22.2. The molecule has 0 aliphatic heterocycles. The fraction of sp³-hybridized carbons (Fsp3) is 0.636. The molecule has 2 amide bonds. The smallest absolute Gasteiger partial charge is 0.313 e. The minimum Gasteiger partial charge on any atom is -0.348 e. The summed E-state index contributed by atoms with van der Waals surface area (Å²) in [6, 6.07) is 7.72. The number of amides is 2. The van der Waals surface area contributed by atoms with E-state index in [9.17, 15) is 9.59 Å². The predicted octanol–water partition coefficient (Wildman–Crippen LogP) is 5.22. The first-order valence-electron chi connectivity index (χ1n) is 10.4. The van der Waals surface area contributed by atoms with E-state index in [1.165, 1.54) is 44.1 Å². The molecule has 0 spiro atoms. The third kappa shape index (κ3) is 10.2. The Morgan fingerprint density at radius 2 is 1.31 bits per heavy atom. The molecule has 146 valence electrons. The summed E-state index contributed by atoms with van der Waals surface area (Å²) in [5.74, 6) is -1.14. The number of anilines is 1. The lowest BCUT2D eigenvalue weighted by atomic mass is 10.1. The largest absolute Gasteiger partial charge is 0.348 e. The Morgan fingerprint density at radius 3 is 1.92 bits per heavy atom. The number of rotatable bonds is 13. The molecule has 0 atom stereocenters. The summed E-state index contributed by atoms with van der Waals surface area (Å²) in [4.78, 5) is 23.8. The van der Waals surface area contributed by atoms with Crippen LogP contribution in [0.4, 0.5) is 5.69 Å². The zero-order chi connectivity index (χ0) is 19.0. The van der Waals surface area contributed by atoms with Gasteiger partial charge in [-0.25, -0.2) is 0 Å². The second-order valence-corrected chi connectivity index (χ2v) is 6.99. The lowest BCUT2D eigenvalue weighted by Crippen LogP contribution is -2.35. The van der Waals surface area contributed by atoms with E-state index in [0.717, 1.165) is 32.1 Å². The van der Waals surface area contributed by atoms with E-state index in [2.05, 4.69) is 24.5 Å². The molecule has 1 rings (SSSR count). The van der Waals surface area contributed by atoms with Crippen LogP contribution in [0.5, 0.6) is 0 Å². The van der Waals surface area contributed by atoms with Crippen LogP contribution in [0.15, 0.2) is 24.3 Å². The molecule has 2 N–H and O–H groups in total. The molecule has 0 aromatic heterocycles. The minimum absolute atomic E-state index is 0.553. The molecule has 0 fully saturated rings. The molecule has 0 radical (unpaired) electrons. The summed E-state index contributed by atoms with van der Waals surface area (Å²) < 4.78 is 0. The predicted molar refractivity (Wildman–Crippen MR) is 109 cm³/mol. The van der Waals surface area contributed by atoms with E-state index in [1.807, 2.05) is 24.3 Å². The fourth-order valence-corrected chi connectivity index (χ4v) is 2.86. The van der Waals surface area contributed by atoms with E-state index >= 15 is 0 Å². The molecule has 0 aliphatic rings. The number of nitrogens with one attached hydrogen (secondary N) is 2. The van der Waals surface area contributed by atoms with Crippen LogP contribution in [0, 0.1) is 0 Å². The van der Waals surface area contributed by atoms with Gasteiger partial charge in [-0.05, 0) is 37.0 Å². The van der Waals surface area contributed by atoms with E-state index in [-0.39, 0.29) is 0 Å². The Bertz CT molecular complexity index is 511. The Morgan fingerprint density at radius 1 is 0.731 bits per heavy atom.